The van der Waals surface area contributed by atoms with Crippen molar-refractivity contribution in [2.24, 2.45) is 4.99 Å². The quantitative estimate of drug-likeness (QED) is 0.634. The van der Waals surface area contributed by atoms with Gasteiger partial charge in [0.15, 0.2) is 0 Å². The lowest BCUT2D eigenvalue weighted by Gasteiger charge is -2.29. The minimum atomic E-state index is -0.724. The minimum absolute atomic E-state index is 0.0119. The zero-order chi connectivity index (χ0) is 22.6. The normalized spacial score (nSPS) is 17.1. The lowest BCUT2D eigenvalue weighted by atomic mass is 10.0. The fourth-order valence-electron chi connectivity index (χ4n) is 4.03. The van der Waals surface area contributed by atoms with Crippen LogP contribution in [0, 0.1) is 0 Å². The van der Waals surface area contributed by atoms with E-state index in [9.17, 15) is 9.59 Å². The number of amides is 2. The second-order valence-corrected chi connectivity index (χ2v) is 8.09. The molecule has 3 aromatic rings. The number of anilines is 1. The number of hydrogen-bond acceptors (Lipinski definition) is 5. The lowest BCUT2D eigenvalue weighted by molar-refractivity contribution is -0.123. The molecule has 0 radical (unpaired) electrons. The molecule has 0 bridgehead atoms. The number of carbonyl (C=O) groups excluding carboxylic acids is 2. The Morgan fingerprint density at radius 1 is 0.970 bits per heavy atom. The number of fused-ring (bicyclic) bond motifs is 1. The topological polar surface area (TPSA) is 83.0 Å². The van der Waals surface area contributed by atoms with E-state index in [0.717, 1.165) is 18.7 Å². The Bertz CT molecular complexity index is 1190. The average Bonchev–Trinajstić information content (AvgIpc) is 3.20. The summed E-state index contributed by atoms with van der Waals surface area (Å²) in [6.07, 6.45) is 0.891. The number of carbonyl (C=O) groups is 2. The average molecular weight is 441 g/mol. The maximum Gasteiger partial charge on any atom is 0.252 e. The van der Waals surface area contributed by atoms with E-state index in [2.05, 4.69) is 32.7 Å². The van der Waals surface area contributed by atoms with Gasteiger partial charge in [-0.05, 0) is 53.9 Å². The number of nitrogens with one attached hydrogen (secondary N) is 2. The van der Waals surface area contributed by atoms with Gasteiger partial charge in [-0.2, -0.15) is 0 Å². The van der Waals surface area contributed by atoms with Crippen molar-refractivity contribution in [1.82, 2.24) is 10.2 Å². The second kappa shape index (κ2) is 9.16. The van der Waals surface area contributed by atoms with Crippen molar-refractivity contribution in [2.45, 2.75) is 25.4 Å². The van der Waals surface area contributed by atoms with Gasteiger partial charge in [-0.15, -0.1) is 0 Å². The number of para-hydroxylation sites is 1. The standard InChI is InChI=1S/C26H24N4O3/c31-24(27-20-10-12-22(13-11-20)33-21-8-2-1-3-9-21)16-23-25(32)29-26(28-23)30-15-14-18-6-4-5-7-19(18)17-30/h1-13,23H,14-17H2,(H,27,31)(H,28,29,32)/t23-/m0/s1. The lowest BCUT2D eigenvalue weighted by Crippen LogP contribution is -2.43. The van der Waals surface area contributed by atoms with E-state index >= 15 is 0 Å². The Labute approximate surface area is 192 Å². The summed E-state index contributed by atoms with van der Waals surface area (Å²) >= 11 is 0. The Morgan fingerprint density at radius 2 is 1.67 bits per heavy atom. The summed E-state index contributed by atoms with van der Waals surface area (Å²) in [5.74, 6) is 1.46. The number of ether oxygens (including phenoxy) is 1. The minimum Gasteiger partial charge on any atom is -0.457 e. The maximum absolute atomic E-state index is 12.5. The molecule has 2 N–H and O–H groups in total. The van der Waals surface area contributed by atoms with Crippen LogP contribution in [0.3, 0.4) is 0 Å². The van der Waals surface area contributed by atoms with Crippen LogP contribution < -0.4 is 15.4 Å². The van der Waals surface area contributed by atoms with E-state index < -0.39 is 6.04 Å². The number of hydrogen-bond donors (Lipinski definition) is 2. The first kappa shape index (κ1) is 20.8. The second-order valence-electron chi connectivity index (χ2n) is 8.09. The van der Waals surface area contributed by atoms with Crippen molar-refractivity contribution in [1.29, 1.82) is 0 Å². The van der Waals surface area contributed by atoms with Gasteiger partial charge in [0.05, 0.1) is 6.42 Å². The number of benzene rings is 3. The molecule has 0 fully saturated rings. The van der Waals surface area contributed by atoms with Crippen LogP contribution in [0.2, 0.25) is 0 Å². The molecular formula is C26H24N4O3. The molecule has 1 atom stereocenters. The number of nitrogens with zero attached hydrogens (tertiary/aromatic N) is 2. The summed E-state index contributed by atoms with van der Waals surface area (Å²) < 4.78 is 5.76. The molecule has 33 heavy (non-hydrogen) atoms. The van der Waals surface area contributed by atoms with Crippen LogP contribution >= 0.6 is 0 Å². The van der Waals surface area contributed by atoms with Gasteiger partial charge in [-0.25, -0.2) is 4.99 Å². The molecule has 0 saturated heterocycles. The zero-order valence-corrected chi connectivity index (χ0v) is 18.0. The van der Waals surface area contributed by atoms with E-state index in [0.29, 0.717) is 23.9 Å². The molecule has 2 amide bonds. The fourth-order valence-corrected chi connectivity index (χ4v) is 4.03. The molecule has 0 aliphatic carbocycles. The molecule has 0 aromatic heterocycles. The molecule has 2 aliphatic heterocycles. The van der Waals surface area contributed by atoms with Crippen LogP contribution in [0.25, 0.3) is 0 Å². The highest BCUT2D eigenvalue weighted by Crippen LogP contribution is 2.23. The van der Waals surface area contributed by atoms with Crippen molar-refractivity contribution < 1.29 is 14.3 Å². The smallest absolute Gasteiger partial charge is 0.252 e. The molecule has 5 rings (SSSR count). The van der Waals surface area contributed by atoms with E-state index in [1.54, 1.807) is 24.3 Å². The maximum atomic E-state index is 12.5. The molecule has 0 unspecified atom stereocenters. The van der Waals surface area contributed by atoms with Gasteiger partial charge in [-0.3, -0.25) is 14.9 Å². The largest absolute Gasteiger partial charge is 0.457 e. The Hall–Kier alpha value is -4.13. The van der Waals surface area contributed by atoms with Crippen LogP contribution in [0.4, 0.5) is 5.69 Å². The molecule has 7 nitrogen and oxygen atoms in total. The summed E-state index contributed by atoms with van der Waals surface area (Å²) in [4.78, 5) is 31.5. The van der Waals surface area contributed by atoms with E-state index in [-0.39, 0.29) is 18.2 Å². The monoisotopic (exact) mass is 440 g/mol. The van der Waals surface area contributed by atoms with Gasteiger partial charge in [-0.1, -0.05) is 42.5 Å². The van der Waals surface area contributed by atoms with Gasteiger partial charge in [0.1, 0.15) is 17.5 Å². The van der Waals surface area contributed by atoms with Gasteiger partial charge in [0.2, 0.25) is 11.9 Å². The van der Waals surface area contributed by atoms with Crippen LogP contribution in [-0.2, 0) is 22.6 Å². The van der Waals surface area contributed by atoms with E-state index in [1.807, 2.05) is 42.5 Å². The van der Waals surface area contributed by atoms with E-state index in [4.69, 9.17) is 4.74 Å². The van der Waals surface area contributed by atoms with Crippen molar-refractivity contribution in [2.75, 3.05) is 11.9 Å². The van der Waals surface area contributed by atoms with Gasteiger partial charge in [0.25, 0.3) is 5.91 Å². The van der Waals surface area contributed by atoms with Crippen molar-refractivity contribution in [3.8, 4) is 11.5 Å². The summed E-state index contributed by atoms with van der Waals surface area (Å²) in [7, 11) is 0. The molecule has 0 saturated carbocycles. The van der Waals surface area contributed by atoms with Crippen LogP contribution in [0.1, 0.15) is 17.5 Å². The fraction of sp³-hybridized carbons (Fsp3) is 0.192. The highest BCUT2D eigenvalue weighted by Gasteiger charge is 2.32. The number of rotatable bonds is 5. The Kier molecular flexibility index (Phi) is 5.76. The SMILES string of the molecule is O=C(C[C@@H]1N=C(N2CCc3ccccc3C2)NC1=O)Nc1ccc(Oc2ccccc2)cc1. The molecule has 2 aliphatic rings. The highest BCUT2D eigenvalue weighted by atomic mass is 16.5. The number of aliphatic imine (C=N–C) groups is 1. The van der Waals surface area contributed by atoms with Gasteiger partial charge >= 0.3 is 0 Å². The summed E-state index contributed by atoms with van der Waals surface area (Å²) in [5, 5.41) is 5.68. The van der Waals surface area contributed by atoms with Crippen molar-refractivity contribution in [3.05, 3.63) is 90.0 Å². The third-order valence-electron chi connectivity index (χ3n) is 5.74. The van der Waals surface area contributed by atoms with Crippen LogP contribution in [0.5, 0.6) is 11.5 Å². The highest BCUT2D eigenvalue weighted by molar-refractivity contribution is 6.07. The summed E-state index contributed by atoms with van der Waals surface area (Å²) in [6, 6.07) is 24.2. The Morgan fingerprint density at radius 3 is 2.45 bits per heavy atom. The summed E-state index contributed by atoms with van der Waals surface area (Å²) in [5.41, 5.74) is 3.20. The molecule has 2 heterocycles. The molecule has 7 heteroatoms. The first-order valence-electron chi connectivity index (χ1n) is 11.0. The zero-order valence-electron chi connectivity index (χ0n) is 18.0. The van der Waals surface area contributed by atoms with E-state index in [1.165, 1.54) is 11.1 Å². The van der Waals surface area contributed by atoms with Crippen LogP contribution in [-0.4, -0.2) is 35.3 Å². The predicted octanol–water partition coefficient (Wildman–Crippen LogP) is 3.72. The van der Waals surface area contributed by atoms with Crippen LogP contribution in [0.15, 0.2) is 83.9 Å². The summed E-state index contributed by atoms with van der Waals surface area (Å²) in [6.45, 7) is 1.48. The van der Waals surface area contributed by atoms with Crippen molar-refractivity contribution >= 4 is 23.5 Å². The molecule has 3 aromatic carbocycles. The molecule has 166 valence electrons. The predicted molar refractivity (Wildman–Crippen MR) is 126 cm³/mol. The Balaban J connectivity index is 1.17. The third-order valence-corrected chi connectivity index (χ3v) is 5.74. The van der Waals surface area contributed by atoms with Crippen molar-refractivity contribution in [3.63, 3.8) is 0 Å². The van der Waals surface area contributed by atoms with Gasteiger partial charge in [0, 0.05) is 18.8 Å². The number of guanidine groups is 1. The third kappa shape index (κ3) is 4.87. The molecule has 0 spiro atoms. The molecular weight excluding hydrogens is 416 g/mol. The first-order chi connectivity index (χ1) is 16.1. The van der Waals surface area contributed by atoms with Gasteiger partial charge < -0.3 is 15.0 Å². The first-order valence-corrected chi connectivity index (χ1v) is 11.0.